The fourth-order valence-corrected chi connectivity index (χ4v) is 2.02. The van der Waals surface area contributed by atoms with Crippen LogP contribution in [0.5, 0.6) is 23.0 Å². The van der Waals surface area contributed by atoms with Crippen LogP contribution in [-0.2, 0) is 0 Å². The van der Waals surface area contributed by atoms with Crippen LogP contribution < -0.4 is 14.2 Å². The number of fused-ring (bicyclic) bond motifs is 1. The van der Waals surface area contributed by atoms with Gasteiger partial charge in [-0.2, -0.15) is 0 Å². The molecule has 0 amide bonds. The normalized spacial score (nSPS) is 10.3. The highest BCUT2D eigenvalue weighted by Gasteiger charge is 2.17. The number of rotatable bonds is 4. The third-order valence-electron chi connectivity index (χ3n) is 2.92. The zero-order valence-electron chi connectivity index (χ0n) is 10.9. The fourth-order valence-electron chi connectivity index (χ4n) is 2.02. The second-order valence-corrected chi connectivity index (χ2v) is 3.89. The monoisotopic (exact) mass is 262 g/mol. The predicted molar refractivity (Wildman–Crippen MR) is 70.7 cm³/mol. The molecule has 0 saturated carbocycles. The van der Waals surface area contributed by atoms with E-state index in [-0.39, 0.29) is 11.5 Å². The molecule has 0 bridgehead atoms. The molecule has 0 saturated heterocycles. The SMILES string of the molecule is COc1cc(OC)c2cc(C=O)cc(OC)c2c1O. The van der Waals surface area contributed by atoms with Crippen LogP contribution in [0.3, 0.4) is 0 Å². The number of hydrogen-bond acceptors (Lipinski definition) is 5. The summed E-state index contributed by atoms with van der Waals surface area (Å²) in [7, 11) is 4.42. The first kappa shape index (κ1) is 13.0. The molecule has 5 heteroatoms. The average Bonchev–Trinajstić information content (AvgIpc) is 2.46. The summed E-state index contributed by atoms with van der Waals surface area (Å²) in [5.74, 6) is 1.11. The number of methoxy groups -OCH3 is 3. The largest absolute Gasteiger partial charge is 0.504 e. The van der Waals surface area contributed by atoms with Crippen molar-refractivity contribution in [2.24, 2.45) is 0 Å². The fraction of sp³-hybridized carbons (Fsp3) is 0.214. The van der Waals surface area contributed by atoms with Crippen molar-refractivity contribution in [1.29, 1.82) is 0 Å². The summed E-state index contributed by atoms with van der Waals surface area (Å²) in [4.78, 5) is 10.9. The van der Waals surface area contributed by atoms with E-state index in [0.717, 1.165) is 0 Å². The number of phenols is 1. The van der Waals surface area contributed by atoms with Gasteiger partial charge < -0.3 is 19.3 Å². The molecule has 0 radical (unpaired) electrons. The smallest absolute Gasteiger partial charge is 0.169 e. The minimum absolute atomic E-state index is 0.0485. The highest BCUT2D eigenvalue weighted by atomic mass is 16.5. The van der Waals surface area contributed by atoms with Crippen molar-refractivity contribution in [1.82, 2.24) is 0 Å². The van der Waals surface area contributed by atoms with Crippen LogP contribution in [-0.4, -0.2) is 32.7 Å². The van der Waals surface area contributed by atoms with Crippen LogP contribution in [0, 0.1) is 0 Å². The van der Waals surface area contributed by atoms with E-state index in [0.29, 0.717) is 34.1 Å². The molecule has 0 aliphatic rings. The minimum atomic E-state index is -0.0485. The van der Waals surface area contributed by atoms with Crippen LogP contribution in [0.25, 0.3) is 10.8 Å². The zero-order chi connectivity index (χ0) is 14.0. The predicted octanol–water partition coefficient (Wildman–Crippen LogP) is 2.38. The molecule has 0 aliphatic heterocycles. The molecule has 0 aromatic heterocycles. The molecule has 1 N–H and O–H groups in total. The summed E-state index contributed by atoms with van der Waals surface area (Å²) in [6.45, 7) is 0. The molecule has 0 fully saturated rings. The maximum absolute atomic E-state index is 10.9. The molecular weight excluding hydrogens is 248 g/mol. The maximum atomic E-state index is 10.9. The Hall–Kier alpha value is -2.43. The lowest BCUT2D eigenvalue weighted by atomic mass is 10.0. The Kier molecular flexibility index (Phi) is 3.46. The quantitative estimate of drug-likeness (QED) is 0.857. The number of hydrogen-bond donors (Lipinski definition) is 1. The molecular formula is C14H14O5. The van der Waals surface area contributed by atoms with E-state index in [9.17, 15) is 9.90 Å². The first-order chi connectivity index (χ1) is 9.15. The number of aromatic hydroxyl groups is 1. The van der Waals surface area contributed by atoms with E-state index in [1.807, 2.05) is 0 Å². The molecule has 5 nitrogen and oxygen atoms in total. The zero-order valence-corrected chi connectivity index (χ0v) is 10.9. The molecule has 100 valence electrons. The number of ether oxygens (including phenoxy) is 3. The van der Waals surface area contributed by atoms with E-state index in [2.05, 4.69) is 0 Å². The Morgan fingerprint density at radius 1 is 0.947 bits per heavy atom. The third-order valence-corrected chi connectivity index (χ3v) is 2.92. The summed E-state index contributed by atoms with van der Waals surface area (Å²) in [6, 6.07) is 4.74. The second-order valence-electron chi connectivity index (χ2n) is 3.89. The van der Waals surface area contributed by atoms with E-state index in [1.165, 1.54) is 21.3 Å². The van der Waals surface area contributed by atoms with E-state index >= 15 is 0 Å². The van der Waals surface area contributed by atoms with Gasteiger partial charge in [0.2, 0.25) is 0 Å². The molecule has 0 atom stereocenters. The van der Waals surface area contributed by atoms with Gasteiger partial charge in [-0.25, -0.2) is 0 Å². The molecule has 2 aromatic carbocycles. The number of carbonyl (C=O) groups is 1. The molecule has 0 aliphatic carbocycles. The Labute approximate surface area is 110 Å². The van der Waals surface area contributed by atoms with Gasteiger partial charge in [0.25, 0.3) is 0 Å². The van der Waals surface area contributed by atoms with Gasteiger partial charge in [-0.05, 0) is 12.1 Å². The number of phenolic OH excluding ortho intramolecular Hbond substituents is 1. The summed E-state index contributed by atoms with van der Waals surface area (Å²) in [6.07, 6.45) is 0.711. The minimum Gasteiger partial charge on any atom is -0.504 e. The average molecular weight is 262 g/mol. The Morgan fingerprint density at radius 3 is 2.11 bits per heavy atom. The van der Waals surface area contributed by atoms with Crippen molar-refractivity contribution < 1.29 is 24.1 Å². The topological polar surface area (TPSA) is 65.0 Å². The van der Waals surface area contributed by atoms with Crippen LogP contribution in [0.4, 0.5) is 0 Å². The Bertz CT molecular complexity index is 634. The number of benzene rings is 2. The highest BCUT2D eigenvalue weighted by molar-refractivity contribution is 6.02. The summed E-state index contributed by atoms with van der Waals surface area (Å²) >= 11 is 0. The summed E-state index contributed by atoms with van der Waals surface area (Å²) < 4.78 is 15.6. The molecule has 0 spiro atoms. The lowest BCUT2D eigenvalue weighted by Gasteiger charge is -2.14. The van der Waals surface area contributed by atoms with Gasteiger partial charge in [-0.3, -0.25) is 4.79 Å². The third kappa shape index (κ3) is 2.03. The summed E-state index contributed by atoms with van der Waals surface area (Å²) in [5.41, 5.74) is 0.437. The van der Waals surface area contributed by atoms with E-state index in [4.69, 9.17) is 14.2 Å². The van der Waals surface area contributed by atoms with E-state index in [1.54, 1.807) is 18.2 Å². The standard InChI is InChI=1S/C14H14O5/c1-17-10-6-12(19-3)14(16)13-9(10)4-8(7-15)5-11(13)18-2/h4-7,16H,1-3H3. The lowest BCUT2D eigenvalue weighted by Crippen LogP contribution is -1.94. The van der Waals surface area contributed by atoms with Crippen LogP contribution in [0.2, 0.25) is 0 Å². The number of aldehydes is 1. The van der Waals surface area contributed by atoms with Crippen molar-refractivity contribution in [3.63, 3.8) is 0 Å². The first-order valence-electron chi connectivity index (χ1n) is 5.57. The van der Waals surface area contributed by atoms with Gasteiger partial charge in [0.05, 0.1) is 26.7 Å². The first-order valence-corrected chi connectivity index (χ1v) is 5.57. The van der Waals surface area contributed by atoms with Gasteiger partial charge in [0, 0.05) is 17.0 Å². The van der Waals surface area contributed by atoms with Gasteiger partial charge >= 0.3 is 0 Å². The Morgan fingerprint density at radius 2 is 1.58 bits per heavy atom. The van der Waals surface area contributed by atoms with Gasteiger partial charge in [0.1, 0.15) is 17.8 Å². The Balaban J connectivity index is 2.95. The van der Waals surface area contributed by atoms with Crippen LogP contribution in [0.1, 0.15) is 10.4 Å². The van der Waals surface area contributed by atoms with Crippen LogP contribution >= 0.6 is 0 Å². The lowest BCUT2D eigenvalue weighted by molar-refractivity contribution is 0.112. The van der Waals surface area contributed by atoms with Gasteiger partial charge in [0.15, 0.2) is 11.5 Å². The molecule has 0 unspecified atom stereocenters. The summed E-state index contributed by atoms with van der Waals surface area (Å²) in [5, 5.41) is 11.2. The van der Waals surface area contributed by atoms with Crippen molar-refractivity contribution in [3.8, 4) is 23.0 Å². The van der Waals surface area contributed by atoms with Crippen LogP contribution in [0.15, 0.2) is 18.2 Å². The molecule has 2 rings (SSSR count). The maximum Gasteiger partial charge on any atom is 0.169 e. The molecule has 0 heterocycles. The van der Waals surface area contributed by atoms with E-state index < -0.39 is 0 Å². The van der Waals surface area contributed by atoms with Crippen molar-refractivity contribution >= 4 is 17.1 Å². The molecule has 19 heavy (non-hydrogen) atoms. The second kappa shape index (κ2) is 5.06. The van der Waals surface area contributed by atoms with Crippen molar-refractivity contribution in [2.45, 2.75) is 0 Å². The highest BCUT2D eigenvalue weighted by Crippen LogP contribution is 2.45. The number of carbonyl (C=O) groups excluding carboxylic acids is 1. The van der Waals surface area contributed by atoms with Gasteiger partial charge in [-0.15, -0.1) is 0 Å². The van der Waals surface area contributed by atoms with Crippen molar-refractivity contribution in [2.75, 3.05) is 21.3 Å². The van der Waals surface area contributed by atoms with Gasteiger partial charge in [-0.1, -0.05) is 0 Å². The van der Waals surface area contributed by atoms with Crippen molar-refractivity contribution in [3.05, 3.63) is 23.8 Å². The molecule has 2 aromatic rings.